The van der Waals surface area contributed by atoms with Gasteiger partial charge in [0.15, 0.2) is 5.25 Å². The second-order valence-electron chi connectivity index (χ2n) is 10.0. The van der Waals surface area contributed by atoms with Crippen LogP contribution in [0.25, 0.3) is 0 Å². The molecule has 0 radical (unpaired) electrons. The molecule has 38 heavy (non-hydrogen) atoms. The van der Waals surface area contributed by atoms with Gasteiger partial charge in [0.25, 0.3) is 10.1 Å². The molecule has 3 atom stereocenters. The summed E-state index contributed by atoms with van der Waals surface area (Å²) < 4.78 is 31.5. The first kappa shape index (κ1) is 35.8. The quantitative estimate of drug-likeness (QED) is 0.0768. The lowest BCUT2D eigenvalue weighted by molar-refractivity contribution is -0.150. The largest absolute Gasteiger partial charge is 0.481 e. The first-order chi connectivity index (χ1) is 17.9. The number of carbonyl (C=O) groups is 4. The van der Waals surface area contributed by atoms with Crippen LogP contribution in [0, 0.1) is 5.92 Å². The van der Waals surface area contributed by atoms with Gasteiger partial charge in [0.2, 0.25) is 5.91 Å². The Hall–Kier alpha value is -2.21. The van der Waals surface area contributed by atoms with Crippen molar-refractivity contribution >= 4 is 33.9 Å². The van der Waals surface area contributed by atoms with E-state index in [1.54, 1.807) is 0 Å². The third kappa shape index (κ3) is 18.1. The lowest BCUT2D eigenvalue weighted by Gasteiger charge is -2.25. The molecule has 0 aliphatic carbocycles. The van der Waals surface area contributed by atoms with E-state index < -0.39 is 64.0 Å². The molecule has 0 aromatic heterocycles. The van der Waals surface area contributed by atoms with E-state index in [1.165, 1.54) is 57.8 Å². The molecule has 3 unspecified atom stereocenters. The average Bonchev–Trinajstić information content (AvgIpc) is 2.81. The fourth-order valence-corrected chi connectivity index (χ4v) is 5.07. The van der Waals surface area contributed by atoms with Crippen molar-refractivity contribution in [2.75, 3.05) is 0 Å². The van der Waals surface area contributed by atoms with Crippen LogP contribution in [0.4, 0.5) is 0 Å². The molecule has 0 aromatic rings. The average molecular weight is 566 g/mol. The number of nitrogens with one attached hydrogen (secondary N) is 1. The summed E-state index contributed by atoms with van der Waals surface area (Å²) in [6, 6.07) is -1.13. The van der Waals surface area contributed by atoms with Gasteiger partial charge in [-0.15, -0.1) is 0 Å². The highest BCUT2D eigenvalue weighted by Gasteiger charge is 2.36. The molecule has 0 heterocycles. The Morgan fingerprint density at radius 2 is 1.08 bits per heavy atom. The smallest absolute Gasteiger partial charge is 0.324 e. The topological polar surface area (TPSA) is 195 Å². The first-order valence-electron chi connectivity index (χ1n) is 13.8. The van der Waals surface area contributed by atoms with Crippen molar-refractivity contribution < 1.29 is 47.5 Å². The molecule has 0 spiro atoms. The molecule has 0 saturated carbocycles. The highest BCUT2D eigenvalue weighted by Crippen LogP contribution is 2.19. The number of rotatable bonds is 25. The van der Waals surface area contributed by atoms with Crippen LogP contribution in [0.2, 0.25) is 0 Å². The number of carboxylic acids is 3. The van der Waals surface area contributed by atoms with Crippen LogP contribution in [0.5, 0.6) is 0 Å². The van der Waals surface area contributed by atoms with Gasteiger partial charge in [-0.3, -0.25) is 23.7 Å². The second kappa shape index (κ2) is 20.7. The van der Waals surface area contributed by atoms with Crippen molar-refractivity contribution in [3.05, 3.63) is 0 Å². The van der Waals surface area contributed by atoms with Gasteiger partial charge in [-0.1, -0.05) is 103 Å². The van der Waals surface area contributed by atoms with Gasteiger partial charge in [0.05, 0.1) is 18.8 Å². The van der Waals surface area contributed by atoms with Gasteiger partial charge < -0.3 is 20.6 Å². The Morgan fingerprint density at radius 3 is 1.42 bits per heavy atom. The van der Waals surface area contributed by atoms with E-state index in [0.29, 0.717) is 6.42 Å². The van der Waals surface area contributed by atoms with Crippen LogP contribution < -0.4 is 5.32 Å². The van der Waals surface area contributed by atoms with Gasteiger partial charge in [-0.2, -0.15) is 8.42 Å². The fourth-order valence-electron chi connectivity index (χ4n) is 4.45. The number of hydrogen-bond donors (Lipinski definition) is 5. The number of carbonyl (C=O) groups excluding carboxylic acids is 1. The zero-order chi connectivity index (χ0) is 29.0. The lowest BCUT2D eigenvalue weighted by atomic mass is 9.91. The summed E-state index contributed by atoms with van der Waals surface area (Å²) in [6.07, 6.45) is 15.3. The second-order valence-corrected chi connectivity index (χ2v) is 11.6. The van der Waals surface area contributed by atoms with Crippen LogP contribution in [-0.2, 0) is 29.3 Å². The molecule has 1 amide bonds. The zero-order valence-electron chi connectivity index (χ0n) is 22.6. The van der Waals surface area contributed by atoms with E-state index in [-0.39, 0.29) is 6.42 Å². The summed E-state index contributed by atoms with van der Waals surface area (Å²) in [5, 5.41) is 27.4. The Morgan fingerprint density at radius 1 is 0.658 bits per heavy atom. The van der Waals surface area contributed by atoms with E-state index >= 15 is 0 Å². The predicted molar refractivity (Wildman–Crippen MR) is 142 cm³/mol. The molecular formula is C26H47NO10S. The zero-order valence-corrected chi connectivity index (χ0v) is 23.4. The first-order valence-corrected chi connectivity index (χ1v) is 15.3. The van der Waals surface area contributed by atoms with Crippen molar-refractivity contribution in [3.63, 3.8) is 0 Å². The van der Waals surface area contributed by atoms with Crippen LogP contribution in [0.1, 0.15) is 122 Å². The summed E-state index contributed by atoms with van der Waals surface area (Å²) in [6.45, 7) is 2.22. The highest BCUT2D eigenvalue weighted by molar-refractivity contribution is 7.87. The van der Waals surface area contributed by atoms with Crippen molar-refractivity contribution in [1.29, 1.82) is 0 Å². The van der Waals surface area contributed by atoms with Crippen molar-refractivity contribution in [3.8, 4) is 0 Å². The molecule has 11 nitrogen and oxygen atoms in total. The van der Waals surface area contributed by atoms with E-state index in [4.69, 9.17) is 14.8 Å². The molecule has 0 bridgehead atoms. The van der Waals surface area contributed by atoms with Crippen LogP contribution in [-0.4, -0.2) is 63.4 Å². The molecule has 0 aliphatic rings. The number of carboxylic acid groups (broad SMARTS) is 3. The van der Waals surface area contributed by atoms with Crippen LogP contribution in [0.15, 0.2) is 0 Å². The normalized spacial score (nSPS) is 13.9. The molecule has 12 heteroatoms. The van der Waals surface area contributed by atoms with Gasteiger partial charge in [-0.25, -0.2) is 0 Å². The Kier molecular flexibility index (Phi) is 19.5. The molecule has 0 fully saturated rings. The fraction of sp³-hybridized carbons (Fsp3) is 0.846. The minimum atomic E-state index is -5.06. The maximum absolute atomic E-state index is 12.3. The van der Waals surface area contributed by atoms with Crippen LogP contribution >= 0.6 is 0 Å². The monoisotopic (exact) mass is 565 g/mol. The van der Waals surface area contributed by atoms with E-state index in [9.17, 15) is 32.7 Å². The summed E-state index contributed by atoms with van der Waals surface area (Å²) >= 11 is 0. The summed E-state index contributed by atoms with van der Waals surface area (Å²) in [5.74, 6) is -7.32. The number of amides is 1. The molecular weight excluding hydrogens is 518 g/mol. The maximum atomic E-state index is 12.3. The third-order valence-electron chi connectivity index (χ3n) is 6.67. The Balaban J connectivity index is 4.51. The number of unbranched alkanes of at least 4 members (excludes halogenated alkanes) is 14. The molecule has 0 saturated heterocycles. The lowest BCUT2D eigenvalue weighted by Crippen LogP contribution is -2.46. The Labute approximate surface area is 226 Å². The molecule has 5 N–H and O–H groups in total. The van der Waals surface area contributed by atoms with Crippen molar-refractivity contribution in [2.45, 2.75) is 134 Å². The molecule has 222 valence electrons. The molecule has 0 aromatic carbocycles. The van der Waals surface area contributed by atoms with E-state index in [2.05, 4.69) is 12.2 Å². The number of aliphatic carboxylic acids is 3. The molecule has 0 aliphatic heterocycles. The van der Waals surface area contributed by atoms with Crippen LogP contribution in [0.3, 0.4) is 0 Å². The third-order valence-corrected chi connectivity index (χ3v) is 7.76. The predicted octanol–water partition coefficient (Wildman–Crippen LogP) is 4.64. The van der Waals surface area contributed by atoms with Crippen molar-refractivity contribution in [2.24, 2.45) is 5.92 Å². The Bertz CT molecular complexity index is 815. The summed E-state index contributed by atoms with van der Waals surface area (Å²) in [4.78, 5) is 46.2. The SMILES string of the molecule is CCCCCCCCCCCCCCCCCC(NC(=O)CC(C(=O)O)S(=O)(=O)O)C(CC(=O)O)C(=O)O. The van der Waals surface area contributed by atoms with Gasteiger partial charge in [0, 0.05) is 6.04 Å². The van der Waals surface area contributed by atoms with Gasteiger partial charge in [-0.05, 0) is 6.42 Å². The standard InChI is InChI=1S/C26H47NO10S/c1-2-3-4-5-6-7-8-9-10-11-12-13-14-15-16-17-21(20(25(31)32)18-24(29)30)27-23(28)19-22(26(33)34)38(35,36)37/h20-22H,2-19H2,1H3,(H,27,28)(H,29,30)(H,31,32)(H,33,34)(H,35,36,37). The minimum Gasteiger partial charge on any atom is -0.481 e. The van der Waals surface area contributed by atoms with Crippen molar-refractivity contribution in [1.82, 2.24) is 5.32 Å². The summed E-state index contributed by atoms with van der Waals surface area (Å²) in [7, 11) is -5.06. The molecule has 0 rings (SSSR count). The number of hydrogen-bond acceptors (Lipinski definition) is 6. The van der Waals surface area contributed by atoms with Gasteiger partial charge in [0.1, 0.15) is 0 Å². The maximum Gasteiger partial charge on any atom is 0.324 e. The minimum absolute atomic E-state index is 0.137. The summed E-state index contributed by atoms with van der Waals surface area (Å²) in [5.41, 5.74) is 0. The highest BCUT2D eigenvalue weighted by atomic mass is 32.2. The van der Waals surface area contributed by atoms with E-state index in [1.807, 2.05) is 0 Å². The van der Waals surface area contributed by atoms with Gasteiger partial charge >= 0.3 is 17.9 Å². The van der Waals surface area contributed by atoms with E-state index in [0.717, 1.165) is 32.1 Å².